The van der Waals surface area contributed by atoms with Gasteiger partial charge in [0.25, 0.3) is 0 Å². The first-order valence-electron chi connectivity index (χ1n) is 5.31. The quantitative estimate of drug-likeness (QED) is 0.597. The second kappa shape index (κ2) is 6.29. The fraction of sp³-hybridized carbons (Fsp3) is 0.500. The molecule has 1 atom stereocenters. The van der Waals surface area contributed by atoms with E-state index in [9.17, 15) is 26.0 Å². The van der Waals surface area contributed by atoms with Crippen LogP contribution < -0.4 is 3.97 Å². The lowest BCUT2D eigenvalue weighted by Gasteiger charge is -2.08. The minimum atomic E-state index is -4.40. The van der Waals surface area contributed by atoms with Crippen LogP contribution in [0.5, 0.6) is 0 Å². The maximum absolute atomic E-state index is 13.2. The Balaban J connectivity index is 2.50. The normalized spacial score (nSPS) is 14.3. The van der Waals surface area contributed by atoms with Crippen LogP contribution in [0.4, 0.5) is 17.6 Å². The van der Waals surface area contributed by atoms with Gasteiger partial charge in [0.05, 0.1) is 0 Å². The number of alkyl halides is 4. The molecule has 108 valence electrons. The summed E-state index contributed by atoms with van der Waals surface area (Å²) in [5, 5.41) is 0. The third-order valence-corrected chi connectivity index (χ3v) is 3.28. The van der Waals surface area contributed by atoms with Crippen molar-refractivity contribution < 1.29 is 34.1 Å². The first-order chi connectivity index (χ1) is 8.71. The van der Waals surface area contributed by atoms with Crippen molar-refractivity contribution in [3.05, 3.63) is 30.6 Å². The molecule has 0 aliphatic rings. The highest BCUT2D eigenvalue weighted by Gasteiger charge is 2.30. The molecule has 1 rings (SSSR count). The predicted molar refractivity (Wildman–Crippen MR) is 56.8 cm³/mol. The zero-order valence-corrected chi connectivity index (χ0v) is 10.5. The molecule has 0 N–H and O–H groups in total. The van der Waals surface area contributed by atoms with E-state index in [1.54, 1.807) is 6.07 Å². The van der Waals surface area contributed by atoms with Crippen LogP contribution >= 0.6 is 0 Å². The van der Waals surface area contributed by atoms with Crippen LogP contribution in [0.1, 0.15) is 19.3 Å². The molecule has 9 heteroatoms. The lowest BCUT2D eigenvalue weighted by Crippen LogP contribution is -2.44. The van der Waals surface area contributed by atoms with Crippen LogP contribution in [0.3, 0.4) is 0 Å². The summed E-state index contributed by atoms with van der Waals surface area (Å²) in [6.07, 6.45) is -6.83. The lowest BCUT2D eigenvalue weighted by molar-refractivity contribution is -0.521. The molecule has 0 bridgehead atoms. The number of pyridine rings is 1. The number of aromatic nitrogens is 1. The van der Waals surface area contributed by atoms with Gasteiger partial charge in [-0.1, -0.05) is 10.0 Å². The van der Waals surface area contributed by atoms with Crippen molar-refractivity contribution >= 4 is 10.3 Å². The molecular formula is C10H12F4NO3S+. The highest BCUT2D eigenvalue weighted by Crippen LogP contribution is 2.23. The van der Waals surface area contributed by atoms with Gasteiger partial charge in [-0.3, -0.25) is 0 Å². The van der Waals surface area contributed by atoms with Crippen LogP contribution in [0.15, 0.2) is 30.6 Å². The van der Waals surface area contributed by atoms with E-state index in [2.05, 4.69) is 4.18 Å². The van der Waals surface area contributed by atoms with E-state index in [4.69, 9.17) is 0 Å². The second-order valence-electron chi connectivity index (χ2n) is 3.68. The molecule has 0 aromatic carbocycles. The average molecular weight is 302 g/mol. The molecule has 1 aromatic heterocycles. The van der Waals surface area contributed by atoms with Gasteiger partial charge >= 0.3 is 16.5 Å². The summed E-state index contributed by atoms with van der Waals surface area (Å²) in [7, 11) is -4.36. The van der Waals surface area contributed by atoms with Crippen LogP contribution in [-0.4, -0.2) is 21.0 Å². The van der Waals surface area contributed by atoms with Crippen LogP contribution in [-0.2, 0) is 14.5 Å². The molecule has 0 saturated carbocycles. The number of hydrogen-bond donors (Lipinski definition) is 0. The summed E-state index contributed by atoms with van der Waals surface area (Å²) in [5.74, 6) is 0. The molecular weight excluding hydrogens is 290 g/mol. The Labute approximate surface area is 107 Å². The van der Waals surface area contributed by atoms with Gasteiger partial charge in [-0.15, -0.1) is 8.42 Å². The van der Waals surface area contributed by atoms with E-state index >= 15 is 0 Å². The minimum Gasteiger partial charge on any atom is -0.215 e. The highest BCUT2D eigenvalue weighted by atomic mass is 32.2. The Bertz CT molecular complexity index is 489. The van der Waals surface area contributed by atoms with Crippen molar-refractivity contribution in [3.63, 3.8) is 0 Å². The Morgan fingerprint density at radius 1 is 1.16 bits per heavy atom. The van der Waals surface area contributed by atoms with Gasteiger partial charge < -0.3 is 0 Å². The Morgan fingerprint density at radius 3 is 2.26 bits per heavy atom. The van der Waals surface area contributed by atoms with Gasteiger partial charge in [-0.25, -0.2) is 4.39 Å². The van der Waals surface area contributed by atoms with Gasteiger partial charge in [0, 0.05) is 25.0 Å². The smallest absolute Gasteiger partial charge is 0.215 e. The van der Waals surface area contributed by atoms with Gasteiger partial charge in [0.2, 0.25) is 6.36 Å². The molecule has 19 heavy (non-hydrogen) atoms. The van der Waals surface area contributed by atoms with Gasteiger partial charge in [-0.2, -0.15) is 17.4 Å². The first-order valence-corrected chi connectivity index (χ1v) is 6.68. The molecule has 1 unspecified atom stereocenters. The first kappa shape index (κ1) is 15.8. The molecule has 0 aliphatic heterocycles. The fourth-order valence-corrected chi connectivity index (χ4v) is 2.12. The zero-order valence-electron chi connectivity index (χ0n) is 9.68. The molecule has 0 amide bonds. The number of rotatable bonds is 6. The maximum Gasteiger partial charge on any atom is 0.516 e. The predicted octanol–water partition coefficient (Wildman–Crippen LogP) is 2.11. The van der Waals surface area contributed by atoms with Crippen molar-refractivity contribution in [1.29, 1.82) is 0 Å². The Kier molecular flexibility index (Phi) is 5.24. The van der Waals surface area contributed by atoms with Crippen LogP contribution in [0.25, 0.3) is 0 Å². The van der Waals surface area contributed by atoms with Crippen molar-refractivity contribution in [2.45, 2.75) is 31.8 Å². The summed E-state index contributed by atoms with van der Waals surface area (Å²) in [6, 6.07) is 4.32. The van der Waals surface area contributed by atoms with Crippen molar-refractivity contribution in [1.82, 2.24) is 0 Å². The molecule has 4 nitrogen and oxygen atoms in total. The van der Waals surface area contributed by atoms with Crippen molar-refractivity contribution in [2.75, 3.05) is 0 Å². The topological polar surface area (TPSA) is 47.3 Å². The summed E-state index contributed by atoms with van der Waals surface area (Å²) >= 11 is 0. The number of halogens is 4. The molecule has 1 heterocycles. The fourth-order valence-electron chi connectivity index (χ4n) is 1.22. The number of nitrogens with zero attached hydrogens (tertiary/aromatic N) is 1. The average Bonchev–Trinajstić information content (AvgIpc) is 2.27. The van der Waals surface area contributed by atoms with Crippen molar-refractivity contribution in [2.24, 2.45) is 0 Å². The third kappa shape index (κ3) is 5.97. The van der Waals surface area contributed by atoms with E-state index in [0.717, 1.165) is 12.4 Å². The molecule has 1 aromatic rings. The third-order valence-electron chi connectivity index (χ3n) is 2.06. The minimum absolute atomic E-state index is 0.542. The monoisotopic (exact) mass is 302 g/mol. The summed E-state index contributed by atoms with van der Waals surface area (Å²) in [4.78, 5) is 0. The van der Waals surface area contributed by atoms with Crippen molar-refractivity contribution in [3.8, 4) is 0 Å². The van der Waals surface area contributed by atoms with Gasteiger partial charge in [0.15, 0.2) is 12.4 Å². The maximum atomic E-state index is 13.2. The molecule has 0 radical (unpaired) electrons. The van der Waals surface area contributed by atoms with Gasteiger partial charge in [0.1, 0.15) is 0 Å². The Morgan fingerprint density at radius 2 is 1.74 bits per heavy atom. The second-order valence-corrected chi connectivity index (χ2v) is 5.15. The molecule has 0 saturated heterocycles. The Hall–Kier alpha value is -1.22. The largest absolute Gasteiger partial charge is 0.516 e. The molecule has 0 aliphatic carbocycles. The van der Waals surface area contributed by atoms with Crippen LogP contribution in [0.2, 0.25) is 0 Å². The summed E-state index contributed by atoms with van der Waals surface area (Å²) in [5.41, 5.74) is 0. The highest BCUT2D eigenvalue weighted by molar-refractivity contribution is 7.80. The van der Waals surface area contributed by atoms with E-state index < -0.39 is 42.1 Å². The SMILES string of the molecule is O=S(=O)(OC(F)CCCC(F)(F)F)[n+]1ccccc1. The summed E-state index contributed by atoms with van der Waals surface area (Å²) in [6.45, 7) is 0. The van der Waals surface area contributed by atoms with Crippen LogP contribution in [0, 0.1) is 0 Å². The summed E-state index contributed by atoms with van der Waals surface area (Å²) < 4.78 is 76.4. The van der Waals surface area contributed by atoms with Gasteiger partial charge in [-0.05, 0) is 6.42 Å². The lowest BCUT2D eigenvalue weighted by atomic mass is 10.2. The molecule has 0 fully saturated rings. The number of hydrogen-bond acceptors (Lipinski definition) is 3. The van der Waals surface area contributed by atoms with E-state index in [1.165, 1.54) is 12.1 Å². The standard InChI is InChI=1S/C10H12F4NO3S/c11-9(5-4-6-10(12,13)14)18-19(16,17)15-7-2-1-3-8-15/h1-3,7-9H,4-6H2/q+1. The zero-order chi connectivity index (χ0) is 14.5. The van der Waals surface area contributed by atoms with E-state index in [1.807, 2.05) is 0 Å². The van der Waals surface area contributed by atoms with E-state index in [0.29, 0.717) is 3.97 Å². The van der Waals surface area contributed by atoms with E-state index in [-0.39, 0.29) is 0 Å². The molecule has 0 spiro atoms.